The molecular formula is C16H18F2N2O4S2. The number of amides is 1. The number of alkyl halides is 2. The van der Waals surface area contributed by atoms with E-state index in [1.54, 1.807) is 17.5 Å². The second kappa shape index (κ2) is 9.06. The minimum absolute atomic E-state index is 0.0350. The molecule has 0 radical (unpaired) electrons. The molecule has 0 saturated carbocycles. The number of para-hydroxylation sites is 2. The molecule has 2 rings (SSSR count). The Morgan fingerprint density at radius 3 is 2.65 bits per heavy atom. The summed E-state index contributed by atoms with van der Waals surface area (Å²) in [7, 11) is -2.11. The molecule has 0 saturated heterocycles. The highest BCUT2D eigenvalue weighted by Gasteiger charge is 2.21. The van der Waals surface area contributed by atoms with Crippen LogP contribution in [-0.4, -0.2) is 38.8 Å². The van der Waals surface area contributed by atoms with Crippen molar-refractivity contribution < 1.29 is 26.7 Å². The number of carbonyl (C=O) groups excluding carboxylic acids is 1. The van der Waals surface area contributed by atoms with Gasteiger partial charge in [0.25, 0.3) is 10.0 Å². The van der Waals surface area contributed by atoms with Gasteiger partial charge in [-0.25, -0.2) is 12.7 Å². The zero-order valence-corrected chi connectivity index (χ0v) is 15.5. The number of hydrogen-bond acceptors (Lipinski definition) is 5. The average molecular weight is 404 g/mol. The van der Waals surface area contributed by atoms with Gasteiger partial charge in [0.1, 0.15) is 9.96 Å². The number of hydrogen-bond donors (Lipinski definition) is 1. The maximum Gasteiger partial charge on any atom is 0.387 e. The van der Waals surface area contributed by atoms with E-state index in [0.717, 1.165) is 11.3 Å². The third kappa shape index (κ3) is 5.48. The molecule has 1 amide bonds. The standard InChI is InChI=1S/C16H18F2N2O4S2/c1-20(26(22,23)15-9-5-11-25-15)10-4-8-14(21)19-12-6-2-3-7-13(12)24-16(17)18/h2-3,5-7,9,11,16H,4,8,10H2,1H3,(H,19,21). The van der Waals surface area contributed by atoms with E-state index >= 15 is 0 Å². The van der Waals surface area contributed by atoms with Gasteiger partial charge >= 0.3 is 6.61 Å². The van der Waals surface area contributed by atoms with Crippen molar-refractivity contribution in [2.45, 2.75) is 23.7 Å². The van der Waals surface area contributed by atoms with Crippen LogP contribution >= 0.6 is 11.3 Å². The third-order valence-corrected chi connectivity index (χ3v) is 6.64. The van der Waals surface area contributed by atoms with Crippen LogP contribution in [0.2, 0.25) is 0 Å². The molecule has 0 aliphatic carbocycles. The Bertz CT molecular complexity index is 827. The number of thiophene rings is 1. The topological polar surface area (TPSA) is 75.7 Å². The Hall–Kier alpha value is -2.04. The molecule has 6 nitrogen and oxygen atoms in total. The lowest BCUT2D eigenvalue weighted by Crippen LogP contribution is -2.28. The minimum Gasteiger partial charge on any atom is -0.433 e. The van der Waals surface area contributed by atoms with Gasteiger partial charge in [0.05, 0.1) is 5.69 Å². The van der Waals surface area contributed by atoms with Gasteiger partial charge in [0.2, 0.25) is 5.91 Å². The zero-order chi connectivity index (χ0) is 19.2. The number of benzene rings is 1. The van der Waals surface area contributed by atoms with Gasteiger partial charge in [-0.05, 0) is 30.0 Å². The lowest BCUT2D eigenvalue weighted by Gasteiger charge is -2.16. The molecule has 0 aliphatic rings. The van der Waals surface area contributed by atoms with Crippen molar-refractivity contribution in [2.75, 3.05) is 18.9 Å². The molecular weight excluding hydrogens is 386 g/mol. The molecule has 1 aromatic carbocycles. The van der Waals surface area contributed by atoms with Gasteiger partial charge < -0.3 is 10.1 Å². The van der Waals surface area contributed by atoms with E-state index in [1.165, 1.54) is 35.6 Å². The van der Waals surface area contributed by atoms with Crippen molar-refractivity contribution in [3.63, 3.8) is 0 Å². The molecule has 1 heterocycles. The van der Waals surface area contributed by atoms with Crippen molar-refractivity contribution in [3.8, 4) is 5.75 Å². The first-order valence-electron chi connectivity index (χ1n) is 7.64. The van der Waals surface area contributed by atoms with Gasteiger partial charge in [-0.1, -0.05) is 18.2 Å². The molecule has 0 atom stereocenters. The number of nitrogens with zero attached hydrogens (tertiary/aromatic N) is 1. The Morgan fingerprint density at radius 2 is 2.00 bits per heavy atom. The molecule has 0 spiro atoms. The molecule has 1 aromatic heterocycles. The van der Waals surface area contributed by atoms with Crippen LogP contribution in [-0.2, 0) is 14.8 Å². The average Bonchev–Trinajstić information content (AvgIpc) is 3.11. The number of carbonyl (C=O) groups is 1. The van der Waals surface area contributed by atoms with E-state index < -0.39 is 22.5 Å². The molecule has 2 aromatic rings. The van der Waals surface area contributed by atoms with Crippen molar-refractivity contribution >= 4 is 33.0 Å². The fourth-order valence-corrected chi connectivity index (χ4v) is 4.54. The van der Waals surface area contributed by atoms with Crippen LogP contribution in [0.3, 0.4) is 0 Å². The fourth-order valence-electron chi connectivity index (χ4n) is 2.13. The Balaban J connectivity index is 1.86. The molecule has 142 valence electrons. The summed E-state index contributed by atoms with van der Waals surface area (Å²) >= 11 is 1.12. The Morgan fingerprint density at radius 1 is 1.27 bits per heavy atom. The van der Waals surface area contributed by atoms with Gasteiger partial charge in [-0.3, -0.25) is 4.79 Å². The zero-order valence-electron chi connectivity index (χ0n) is 13.9. The summed E-state index contributed by atoms with van der Waals surface area (Å²) in [6, 6.07) is 9.03. The summed E-state index contributed by atoms with van der Waals surface area (Å²) in [6.07, 6.45) is 0.318. The predicted molar refractivity (Wildman–Crippen MR) is 95.1 cm³/mol. The van der Waals surface area contributed by atoms with E-state index in [1.807, 2.05) is 0 Å². The molecule has 1 N–H and O–H groups in total. The molecule has 0 bridgehead atoms. The number of anilines is 1. The number of sulfonamides is 1. The van der Waals surface area contributed by atoms with Gasteiger partial charge in [-0.15, -0.1) is 11.3 Å². The largest absolute Gasteiger partial charge is 0.433 e. The smallest absolute Gasteiger partial charge is 0.387 e. The molecule has 26 heavy (non-hydrogen) atoms. The van der Waals surface area contributed by atoms with Gasteiger partial charge in [-0.2, -0.15) is 8.78 Å². The number of nitrogens with one attached hydrogen (secondary N) is 1. The summed E-state index contributed by atoms with van der Waals surface area (Å²) in [6.45, 7) is -2.84. The van der Waals surface area contributed by atoms with Gasteiger partial charge in [0.15, 0.2) is 0 Å². The van der Waals surface area contributed by atoms with E-state index in [0.29, 0.717) is 0 Å². The van der Waals surface area contributed by atoms with Crippen LogP contribution in [0.4, 0.5) is 14.5 Å². The van der Waals surface area contributed by atoms with E-state index in [2.05, 4.69) is 10.1 Å². The maximum absolute atomic E-state index is 12.4. The van der Waals surface area contributed by atoms with E-state index in [-0.39, 0.29) is 35.0 Å². The Labute approximate surface area is 154 Å². The maximum atomic E-state index is 12.4. The van der Waals surface area contributed by atoms with Gasteiger partial charge in [0, 0.05) is 20.0 Å². The number of rotatable bonds is 9. The molecule has 10 heteroatoms. The van der Waals surface area contributed by atoms with Crippen LogP contribution < -0.4 is 10.1 Å². The quantitative estimate of drug-likeness (QED) is 0.695. The van der Waals surface area contributed by atoms with Crippen molar-refractivity contribution in [1.82, 2.24) is 4.31 Å². The van der Waals surface area contributed by atoms with Crippen molar-refractivity contribution in [3.05, 3.63) is 41.8 Å². The monoisotopic (exact) mass is 404 g/mol. The highest BCUT2D eigenvalue weighted by atomic mass is 32.2. The number of ether oxygens (including phenoxy) is 1. The normalized spacial score (nSPS) is 11.7. The SMILES string of the molecule is CN(CCCC(=O)Nc1ccccc1OC(F)F)S(=O)(=O)c1cccs1. The fraction of sp³-hybridized carbons (Fsp3) is 0.312. The number of halogens is 2. The summed E-state index contributed by atoms with van der Waals surface area (Å²) in [5.41, 5.74) is 0.136. The highest BCUT2D eigenvalue weighted by Crippen LogP contribution is 2.25. The summed E-state index contributed by atoms with van der Waals surface area (Å²) in [4.78, 5) is 12.0. The van der Waals surface area contributed by atoms with Crippen molar-refractivity contribution in [2.24, 2.45) is 0 Å². The van der Waals surface area contributed by atoms with E-state index in [9.17, 15) is 22.0 Å². The van der Waals surface area contributed by atoms with Crippen LogP contribution in [0.1, 0.15) is 12.8 Å². The predicted octanol–water partition coefficient (Wildman–Crippen LogP) is 3.39. The van der Waals surface area contributed by atoms with Crippen LogP contribution in [0.5, 0.6) is 5.75 Å². The molecule has 0 fully saturated rings. The Kier molecular flexibility index (Phi) is 7.06. The van der Waals surface area contributed by atoms with Crippen LogP contribution in [0.15, 0.2) is 46.0 Å². The highest BCUT2D eigenvalue weighted by molar-refractivity contribution is 7.91. The first-order chi connectivity index (χ1) is 12.3. The van der Waals surface area contributed by atoms with Crippen LogP contribution in [0, 0.1) is 0 Å². The first kappa shape index (κ1) is 20.3. The summed E-state index contributed by atoms with van der Waals surface area (Å²) in [5.74, 6) is -0.550. The summed E-state index contributed by atoms with van der Waals surface area (Å²) in [5, 5.41) is 4.17. The molecule has 0 unspecified atom stereocenters. The first-order valence-corrected chi connectivity index (χ1v) is 9.96. The van der Waals surface area contributed by atoms with Crippen molar-refractivity contribution in [1.29, 1.82) is 0 Å². The van der Waals surface area contributed by atoms with Crippen LogP contribution in [0.25, 0.3) is 0 Å². The lowest BCUT2D eigenvalue weighted by molar-refractivity contribution is -0.116. The van der Waals surface area contributed by atoms with E-state index in [4.69, 9.17) is 0 Å². The lowest BCUT2D eigenvalue weighted by atomic mass is 10.2. The second-order valence-electron chi connectivity index (χ2n) is 5.29. The third-order valence-electron chi connectivity index (χ3n) is 3.41. The summed E-state index contributed by atoms with van der Waals surface area (Å²) < 4.78 is 55.0. The minimum atomic E-state index is -3.56. The second-order valence-corrected chi connectivity index (χ2v) is 8.50. The molecule has 0 aliphatic heterocycles.